The quantitative estimate of drug-likeness (QED) is 0.512. The van der Waals surface area contributed by atoms with E-state index in [1.807, 2.05) is 25.1 Å². The molecule has 1 fully saturated rings. The van der Waals surface area contributed by atoms with Crippen molar-refractivity contribution in [2.75, 3.05) is 6.54 Å². The van der Waals surface area contributed by atoms with E-state index in [2.05, 4.69) is 39.6 Å². The molecule has 0 aliphatic heterocycles. The summed E-state index contributed by atoms with van der Waals surface area (Å²) in [5.74, 6) is 2.59. The first-order chi connectivity index (χ1) is 14.1. The predicted octanol–water partition coefficient (Wildman–Crippen LogP) is 4.16. The van der Waals surface area contributed by atoms with E-state index in [0.29, 0.717) is 31.0 Å². The zero-order valence-corrected chi connectivity index (χ0v) is 17.8. The molecule has 2 aromatic rings. The molecule has 3 rings (SSSR count). The number of aliphatic imine (C=N–C) groups is 1. The van der Waals surface area contributed by atoms with Gasteiger partial charge in [0.25, 0.3) is 0 Å². The van der Waals surface area contributed by atoms with Crippen molar-refractivity contribution < 1.29 is 9.26 Å². The van der Waals surface area contributed by atoms with Gasteiger partial charge in [-0.1, -0.05) is 25.4 Å². The minimum Gasteiger partial charge on any atom is -0.474 e. The van der Waals surface area contributed by atoms with Crippen LogP contribution in [0.15, 0.2) is 33.9 Å². The molecule has 2 heterocycles. The Hall–Kier alpha value is -2.57. The van der Waals surface area contributed by atoms with E-state index in [9.17, 15) is 0 Å². The highest BCUT2D eigenvalue weighted by atomic mass is 16.5. The fraction of sp³-hybridized carbons (Fsp3) is 0.591. The Balaban J connectivity index is 1.56. The van der Waals surface area contributed by atoms with Gasteiger partial charge >= 0.3 is 0 Å². The van der Waals surface area contributed by atoms with Gasteiger partial charge in [0, 0.05) is 24.9 Å². The van der Waals surface area contributed by atoms with Crippen molar-refractivity contribution in [3.8, 4) is 5.88 Å². The average molecular weight is 400 g/mol. The van der Waals surface area contributed by atoms with Crippen LogP contribution in [0.4, 0.5) is 0 Å². The highest BCUT2D eigenvalue weighted by molar-refractivity contribution is 5.79. The van der Waals surface area contributed by atoms with Crippen LogP contribution in [-0.2, 0) is 13.1 Å². The van der Waals surface area contributed by atoms with E-state index >= 15 is 0 Å². The zero-order chi connectivity index (χ0) is 20.5. The van der Waals surface area contributed by atoms with E-state index in [4.69, 9.17) is 9.26 Å². The summed E-state index contributed by atoms with van der Waals surface area (Å²) < 4.78 is 11.5. The number of nitrogens with zero attached hydrogens (tertiary/aromatic N) is 3. The lowest BCUT2D eigenvalue weighted by Gasteiger charge is -2.22. The van der Waals surface area contributed by atoms with Crippen LogP contribution in [0, 0.1) is 0 Å². The van der Waals surface area contributed by atoms with E-state index in [1.54, 1.807) is 6.20 Å². The van der Waals surface area contributed by atoms with Crippen LogP contribution in [0.3, 0.4) is 0 Å². The van der Waals surface area contributed by atoms with Gasteiger partial charge in [0.2, 0.25) is 5.88 Å². The lowest BCUT2D eigenvalue weighted by Crippen LogP contribution is -2.36. The van der Waals surface area contributed by atoms with E-state index < -0.39 is 0 Å². The summed E-state index contributed by atoms with van der Waals surface area (Å²) in [5, 5.41) is 10.7. The molecule has 0 aromatic carbocycles. The zero-order valence-electron chi connectivity index (χ0n) is 17.8. The molecular formula is C22H33N5O2. The van der Waals surface area contributed by atoms with Crippen LogP contribution in [0.25, 0.3) is 0 Å². The summed E-state index contributed by atoms with van der Waals surface area (Å²) in [7, 11) is 0. The molecule has 0 radical (unpaired) electrons. The molecule has 158 valence electrons. The Morgan fingerprint density at radius 2 is 2.07 bits per heavy atom. The molecule has 1 aliphatic carbocycles. The number of rotatable bonds is 8. The molecule has 7 heteroatoms. The van der Waals surface area contributed by atoms with Crippen molar-refractivity contribution in [2.24, 2.45) is 4.99 Å². The molecule has 0 atom stereocenters. The van der Waals surface area contributed by atoms with Crippen LogP contribution in [0.1, 0.15) is 75.8 Å². The van der Waals surface area contributed by atoms with Gasteiger partial charge in [-0.3, -0.25) is 0 Å². The number of hydrogen-bond acceptors (Lipinski definition) is 5. The van der Waals surface area contributed by atoms with Crippen LogP contribution < -0.4 is 15.4 Å². The van der Waals surface area contributed by atoms with Gasteiger partial charge in [-0.2, -0.15) is 0 Å². The summed E-state index contributed by atoms with van der Waals surface area (Å²) in [4.78, 5) is 9.05. The first kappa shape index (κ1) is 21.1. The van der Waals surface area contributed by atoms with E-state index in [-0.39, 0.29) is 0 Å². The highest BCUT2D eigenvalue weighted by Crippen LogP contribution is 2.22. The molecule has 2 N–H and O–H groups in total. The second kappa shape index (κ2) is 10.8. The lowest BCUT2D eigenvalue weighted by atomic mass is 9.98. The van der Waals surface area contributed by atoms with Crippen molar-refractivity contribution in [1.29, 1.82) is 0 Å². The molecule has 7 nitrogen and oxygen atoms in total. The first-order valence-corrected chi connectivity index (χ1v) is 10.7. The van der Waals surface area contributed by atoms with Gasteiger partial charge in [0.15, 0.2) is 11.7 Å². The van der Waals surface area contributed by atoms with Gasteiger partial charge in [-0.15, -0.1) is 0 Å². The average Bonchev–Trinajstić information content (AvgIpc) is 3.21. The molecule has 0 saturated heterocycles. The minimum atomic E-state index is 0.298. The molecule has 0 amide bonds. The minimum absolute atomic E-state index is 0.298. The number of ether oxygens (including phenoxy) is 1. The normalized spacial score (nSPS) is 15.5. The second-order valence-electron chi connectivity index (χ2n) is 7.80. The summed E-state index contributed by atoms with van der Waals surface area (Å²) in [5.41, 5.74) is 2.04. The standard InChI is InChI=1S/C22H33N5O2/c1-4-23-22(26-15-19-13-20(16(2)3)27-29-19)25-14-17-10-11-24-21(12-17)28-18-8-6-5-7-9-18/h10-13,16,18H,4-9,14-15H2,1-3H3,(H2,23,25,26). The predicted molar refractivity (Wildman–Crippen MR) is 114 cm³/mol. The summed E-state index contributed by atoms with van der Waals surface area (Å²) in [6, 6.07) is 5.96. The topological polar surface area (TPSA) is 84.6 Å². The molecule has 0 unspecified atom stereocenters. The molecular weight excluding hydrogens is 366 g/mol. The largest absolute Gasteiger partial charge is 0.474 e. The Bertz CT molecular complexity index is 781. The van der Waals surface area contributed by atoms with Gasteiger partial charge < -0.3 is 19.9 Å². The van der Waals surface area contributed by atoms with Crippen molar-refractivity contribution in [2.45, 2.75) is 78.0 Å². The maximum Gasteiger partial charge on any atom is 0.213 e. The van der Waals surface area contributed by atoms with Gasteiger partial charge in [-0.25, -0.2) is 9.98 Å². The van der Waals surface area contributed by atoms with Gasteiger partial charge in [0.05, 0.1) is 18.8 Å². The first-order valence-electron chi connectivity index (χ1n) is 10.7. The van der Waals surface area contributed by atoms with Crippen molar-refractivity contribution in [1.82, 2.24) is 20.8 Å². The third kappa shape index (κ3) is 6.76. The van der Waals surface area contributed by atoms with Crippen LogP contribution in [-0.4, -0.2) is 28.7 Å². The van der Waals surface area contributed by atoms with E-state index in [0.717, 1.165) is 42.4 Å². The van der Waals surface area contributed by atoms with Crippen molar-refractivity contribution in [3.63, 3.8) is 0 Å². The fourth-order valence-electron chi connectivity index (χ4n) is 3.33. The van der Waals surface area contributed by atoms with Crippen LogP contribution >= 0.6 is 0 Å². The summed E-state index contributed by atoms with van der Waals surface area (Å²) in [6.45, 7) is 8.12. The summed E-state index contributed by atoms with van der Waals surface area (Å²) >= 11 is 0. The Labute approximate surface area is 173 Å². The number of guanidine groups is 1. The Morgan fingerprint density at radius 1 is 1.24 bits per heavy atom. The third-order valence-electron chi connectivity index (χ3n) is 5.00. The number of hydrogen-bond donors (Lipinski definition) is 2. The Morgan fingerprint density at radius 3 is 2.79 bits per heavy atom. The van der Waals surface area contributed by atoms with Crippen LogP contribution in [0.2, 0.25) is 0 Å². The molecule has 0 bridgehead atoms. The smallest absolute Gasteiger partial charge is 0.213 e. The van der Waals surface area contributed by atoms with Gasteiger partial charge in [0.1, 0.15) is 6.10 Å². The maximum absolute atomic E-state index is 6.07. The number of aromatic nitrogens is 2. The monoisotopic (exact) mass is 399 g/mol. The third-order valence-corrected chi connectivity index (χ3v) is 5.00. The van der Waals surface area contributed by atoms with E-state index in [1.165, 1.54) is 19.3 Å². The molecule has 1 saturated carbocycles. The van der Waals surface area contributed by atoms with Crippen LogP contribution in [0.5, 0.6) is 5.88 Å². The van der Waals surface area contributed by atoms with Crippen molar-refractivity contribution >= 4 is 5.96 Å². The lowest BCUT2D eigenvalue weighted by molar-refractivity contribution is 0.148. The maximum atomic E-state index is 6.07. The SMILES string of the molecule is CCNC(=NCc1ccnc(OC2CCCCC2)c1)NCc1cc(C(C)C)no1. The molecule has 1 aliphatic rings. The second-order valence-corrected chi connectivity index (χ2v) is 7.80. The highest BCUT2D eigenvalue weighted by Gasteiger charge is 2.15. The number of pyridine rings is 1. The summed E-state index contributed by atoms with van der Waals surface area (Å²) in [6.07, 6.45) is 8.15. The number of nitrogens with one attached hydrogen (secondary N) is 2. The molecule has 29 heavy (non-hydrogen) atoms. The van der Waals surface area contributed by atoms with Crippen molar-refractivity contribution in [3.05, 3.63) is 41.4 Å². The van der Waals surface area contributed by atoms with Gasteiger partial charge in [-0.05, 0) is 50.2 Å². The fourth-order valence-corrected chi connectivity index (χ4v) is 3.33. The molecule has 0 spiro atoms. The Kier molecular flexibility index (Phi) is 7.90. The molecule has 2 aromatic heterocycles.